The van der Waals surface area contributed by atoms with E-state index in [1.807, 2.05) is 0 Å². The standard InChI is InChI=1S/C13H20N2O/c1-10-7-12-9-15(4-3-14)5-6-16-13(12)8-11(10)2/h7-8H,3-6,9,14H2,1-2H3. The largest absolute Gasteiger partial charge is 0.492 e. The van der Waals surface area contributed by atoms with Gasteiger partial charge in [-0.3, -0.25) is 4.90 Å². The molecule has 16 heavy (non-hydrogen) atoms. The summed E-state index contributed by atoms with van der Waals surface area (Å²) < 4.78 is 5.78. The summed E-state index contributed by atoms with van der Waals surface area (Å²) >= 11 is 0. The second-order valence-corrected chi connectivity index (χ2v) is 4.46. The molecule has 1 aromatic rings. The number of hydrogen-bond acceptors (Lipinski definition) is 3. The molecule has 2 rings (SSSR count). The first-order chi connectivity index (χ1) is 7.70. The fourth-order valence-electron chi connectivity index (χ4n) is 2.09. The molecule has 0 saturated carbocycles. The van der Waals surface area contributed by atoms with Gasteiger partial charge in [0.05, 0.1) is 0 Å². The number of hydrogen-bond donors (Lipinski definition) is 1. The van der Waals surface area contributed by atoms with E-state index >= 15 is 0 Å². The third kappa shape index (κ3) is 2.36. The Morgan fingerprint density at radius 1 is 1.31 bits per heavy atom. The molecule has 0 unspecified atom stereocenters. The second-order valence-electron chi connectivity index (χ2n) is 4.46. The third-order valence-corrected chi connectivity index (χ3v) is 3.18. The summed E-state index contributed by atoms with van der Waals surface area (Å²) in [6.07, 6.45) is 0. The van der Waals surface area contributed by atoms with Gasteiger partial charge in [0.25, 0.3) is 0 Å². The summed E-state index contributed by atoms with van der Waals surface area (Å²) in [4.78, 5) is 2.35. The van der Waals surface area contributed by atoms with Gasteiger partial charge in [-0.15, -0.1) is 0 Å². The highest BCUT2D eigenvalue weighted by Crippen LogP contribution is 2.26. The van der Waals surface area contributed by atoms with Crippen LogP contribution in [0.1, 0.15) is 16.7 Å². The fraction of sp³-hybridized carbons (Fsp3) is 0.538. The van der Waals surface area contributed by atoms with E-state index in [1.54, 1.807) is 0 Å². The number of nitrogens with zero attached hydrogens (tertiary/aromatic N) is 1. The Morgan fingerprint density at radius 2 is 2.06 bits per heavy atom. The summed E-state index contributed by atoms with van der Waals surface area (Å²) in [6.45, 7) is 8.60. The van der Waals surface area contributed by atoms with E-state index in [-0.39, 0.29) is 0 Å². The van der Waals surface area contributed by atoms with Crippen molar-refractivity contribution in [2.45, 2.75) is 20.4 Å². The van der Waals surface area contributed by atoms with Crippen LogP contribution in [-0.4, -0.2) is 31.1 Å². The Bertz CT molecular complexity index is 376. The first-order valence-corrected chi connectivity index (χ1v) is 5.86. The predicted molar refractivity (Wildman–Crippen MR) is 65.7 cm³/mol. The molecule has 0 aliphatic carbocycles. The van der Waals surface area contributed by atoms with Gasteiger partial charge in [0.1, 0.15) is 12.4 Å². The first-order valence-electron chi connectivity index (χ1n) is 5.86. The molecule has 1 aliphatic heterocycles. The number of aryl methyl sites for hydroxylation is 2. The highest BCUT2D eigenvalue weighted by Gasteiger charge is 2.15. The maximum Gasteiger partial charge on any atom is 0.124 e. The average Bonchev–Trinajstić information content (AvgIpc) is 2.42. The lowest BCUT2D eigenvalue weighted by atomic mass is 10.0. The van der Waals surface area contributed by atoms with Crippen LogP contribution in [0.5, 0.6) is 5.75 Å². The molecule has 88 valence electrons. The maximum absolute atomic E-state index is 5.78. The number of nitrogens with two attached hydrogens (primary N) is 1. The van der Waals surface area contributed by atoms with Crippen LogP contribution in [0.3, 0.4) is 0 Å². The molecule has 0 amide bonds. The topological polar surface area (TPSA) is 38.5 Å². The van der Waals surface area contributed by atoms with Gasteiger partial charge in [-0.25, -0.2) is 0 Å². The zero-order valence-electron chi connectivity index (χ0n) is 10.1. The summed E-state index contributed by atoms with van der Waals surface area (Å²) in [6, 6.07) is 4.39. The van der Waals surface area contributed by atoms with E-state index in [1.165, 1.54) is 16.7 Å². The molecule has 0 fully saturated rings. The van der Waals surface area contributed by atoms with Gasteiger partial charge < -0.3 is 10.5 Å². The molecule has 1 heterocycles. The molecule has 1 aliphatic rings. The van der Waals surface area contributed by atoms with Crippen molar-refractivity contribution in [2.24, 2.45) is 5.73 Å². The summed E-state index contributed by atoms with van der Waals surface area (Å²) in [5.74, 6) is 1.04. The minimum Gasteiger partial charge on any atom is -0.492 e. The van der Waals surface area contributed by atoms with E-state index in [4.69, 9.17) is 10.5 Å². The lowest BCUT2D eigenvalue weighted by Crippen LogP contribution is -2.30. The van der Waals surface area contributed by atoms with E-state index in [9.17, 15) is 0 Å². The van der Waals surface area contributed by atoms with Gasteiger partial charge >= 0.3 is 0 Å². The Kier molecular flexibility index (Phi) is 3.46. The fourth-order valence-corrected chi connectivity index (χ4v) is 2.09. The highest BCUT2D eigenvalue weighted by atomic mass is 16.5. The Morgan fingerprint density at radius 3 is 2.81 bits per heavy atom. The normalized spacial score (nSPS) is 16.4. The molecular weight excluding hydrogens is 200 g/mol. The Balaban J connectivity index is 2.25. The van der Waals surface area contributed by atoms with Gasteiger partial charge in [0.2, 0.25) is 0 Å². The van der Waals surface area contributed by atoms with Crippen LogP contribution in [0.15, 0.2) is 12.1 Å². The Labute approximate surface area is 97.2 Å². The van der Waals surface area contributed by atoms with Crippen molar-refractivity contribution in [3.05, 3.63) is 28.8 Å². The minimum atomic E-state index is 0.709. The van der Waals surface area contributed by atoms with Crippen LogP contribution in [0, 0.1) is 13.8 Å². The zero-order valence-corrected chi connectivity index (χ0v) is 10.1. The average molecular weight is 220 g/mol. The predicted octanol–water partition coefficient (Wildman–Crippen LogP) is 1.46. The molecule has 3 nitrogen and oxygen atoms in total. The van der Waals surface area contributed by atoms with Gasteiger partial charge in [-0.05, 0) is 31.0 Å². The molecule has 0 bridgehead atoms. The number of benzene rings is 1. The smallest absolute Gasteiger partial charge is 0.124 e. The first kappa shape index (κ1) is 11.4. The monoisotopic (exact) mass is 220 g/mol. The molecule has 2 N–H and O–H groups in total. The van der Waals surface area contributed by atoms with Crippen molar-refractivity contribution < 1.29 is 4.74 Å². The lowest BCUT2D eigenvalue weighted by molar-refractivity contribution is 0.230. The van der Waals surface area contributed by atoms with Crippen molar-refractivity contribution >= 4 is 0 Å². The van der Waals surface area contributed by atoms with Crippen LogP contribution in [0.2, 0.25) is 0 Å². The van der Waals surface area contributed by atoms with E-state index in [0.29, 0.717) is 6.54 Å². The van der Waals surface area contributed by atoms with Crippen LogP contribution in [0.25, 0.3) is 0 Å². The molecule has 0 radical (unpaired) electrons. The van der Waals surface area contributed by atoms with Gasteiger partial charge in [0, 0.05) is 31.7 Å². The van der Waals surface area contributed by atoms with Crippen LogP contribution in [-0.2, 0) is 6.54 Å². The third-order valence-electron chi connectivity index (χ3n) is 3.18. The quantitative estimate of drug-likeness (QED) is 0.820. The van der Waals surface area contributed by atoms with Gasteiger partial charge in [-0.1, -0.05) is 6.07 Å². The highest BCUT2D eigenvalue weighted by molar-refractivity contribution is 5.42. The summed E-state index contributed by atoms with van der Waals surface area (Å²) in [5, 5.41) is 0. The van der Waals surface area contributed by atoms with Gasteiger partial charge in [-0.2, -0.15) is 0 Å². The molecule has 3 heteroatoms. The molecule has 0 saturated heterocycles. The van der Waals surface area contributed by atoms with Crippen molar-refractivity contribution in [1.82, 2.24) is 4.90 Å². The minimum absolute atomic E-state index is 0.709. The van der Waals surface area contributed by atoms with Crippen LogP contribution in [0.4, 0.5) is 0 Å². The summed E-state index contributed by atoms with van der Waals surface area (Å²) in [5.41, 5.74) is 9.52. The number of fused-ring (bicyclic) bond motifs is 1. The molecule has 0 aromatic heterocycles. The van der Waals surface area contributed by atoms with E-state index < -0.39 is 0 Å². The lowest BCUT2D eigenvalue weighted by Gasteiger charge is -2.18. The maximum atomic E-state index is 5.78. The van der Waals surface area contributed by atoms with Crippen molar-refractivity contribution in [3.8, 4) is 5.75 Å². The van der Waals surface area contributed by atoms with E-state index in [2.05, 4.69) is 30.9 Å². The molecule has 0 atom stereocenters. The van der Waals surface area contributed by atoms with Crippen molar-refractivity contribution in [2.75, 3.05) is 26.2 Å². The second kappa shape index (κ2) is 4.85. The number of ether oxygens (including phenoxy) is 1. The van der Waals surface area contributed by atoms with Gasteiger partial charge in [0.15, 0.2) is 0 Å². The molecule has 1 aromatic carbocycles. The van der Waals surface area contributed by atoms with Crippen LogP contribution >= 0.6 is 0 Å². The summed E-state index contributed by atoms with van der Waals surface area (Å²) in [7, 11) is 0. The molecular formula is C13H20N2O. The van der Waals surface area contributed by atoms with E-state index in [0.717, 1.165) is 32.0 Å². The number of rotatable bonds is 2. The molecule has 0 spiro atoms. The van der Waals surface area contributed by atoms with Crippen molar-refractivity contribution in [1.29, 1.82) is 0 Å². The van der Waals surface area contributed by atoms with Crippen molar-refractivity contribution in [3.63, 3.8) is 0 Å². The Hall–Kier alpha value is -1.06. The SMILES string of the molecule is Cc1cc2c(cc1C)OCCN(CCN)C2. The zero-order chi connectivity index (χ0) is 11.5. The van der Waals surface area contributed by atoms with Crippen LogP contribution < -0.4 is 10.5 Å².